The number of imidazole rings is 1. The van der Waals surface area contributed by atoms with Crippen molar-refractivity contribution >= 4 is 27.5 Å². The molecule has 1 saturated heterocycles. The lowest BCUT2D eigenvalue weighted by Crippen LogP contribution is -2.54. The van der Waals surface area contributed by atoms with Gasteiger partial charge in [-0.2, -0.15) is 0 Å². The average Bonchev–Trinajstić information content (AvgIpc) is 3.42. The molecule has 1 fully saturated rings. The Kier molecular flexibility index (Phi) is 7.42. The van der Waals surface area contributed by atoms with Crippen LogP contribution < -0.4 is 0 Å². The van der Waals surface area contributed by atoms with Crippen molar-refractivity contribution in [1.29, 1.82) is 0 Å². The lowest BCUT2D eigenvalue weighted by molar-refractivity contribution is 0.0425. The summed E-state index contributed by atoms with van der Waals surface area (Å²) in [4.78, 5) is 23.1. The average molecular weight is 517 g/mol. The molecule has 0 radical (unpaired) electrons. The zero-order valence-electron chi connectivity index (χ0n) is 22.7. The predicted molar refractivity (Wildman–Crippen MR) is 159 cm³/mol. The van der Waals surface area contributed by atoms with Gasteiger partial charge in [0.2, 0.25) is 0 Å². The molecule has 6 rings (SSSR count). The molecule has 5 aromatic rings. The van der Waals surface area contributed by atoms with Crippen molar-refractivity contribution in [3.05, 3.63) is 114 Å². The van der Waals surface area contributed by atoms with E-state index in [0.717, 1.165) is 74.1 Å². The largest absolute Gasteiger partial charge is 0.336 e. The lowest BCUT2D eigenvalue weighted by Gasteiger charge is -2.41. The topological polar surface area (TPSA) is 41.4 Å². The Morgan fingerprint density at radius 3 is 2.38 bits per heavy atom. The number of aromatic nitrogens is 2. The summed E-state index contributed by atoms with van der Waals surface area (Å²) in [6.07, 6.45) is 7.40. The van der Waals surface area contributed by atoms with E-state index in [1.54, 1.807) is 0 Å². The molecule has 0 bridgehead atoms. The molecule has 2 heterocycles. The van der Waals surface area contributed by atoms with Crippen molar-refractivity contribution in [2.24, 2.45) is 0 Å². The van der Waals surface area contributed by atoms with Crippen LogP contribution in [0.5, 0.6) is 0 Å². The highest BCUT2D eigenvalue weighted by molar-refractivity contribution is 6.07. The molecule has 5 nitrogen and oxygen atoms in total. The van der Waals surface area contributed by atoms with E-state index in [2.05, 4.69) is 88.2 Å². The molecule has 39 heavy (non-hydrogen) atoms. The maximum absolute atomic E-state index is 13.7. The Morgan fingerprint density at radius 1 is 0.846 bits per heavy atom. The van der Waals surface area contributed by atoms with Crippen molar-refractivity contribution in [3.63, 3.8) is 0 Å². The van der Waals surface area contributed by atoms with E-state index in [-0.39, 0.29) is 5.91 Å². The first-order valence-corrected chi connectivity index (χ1v) is 14.2. The van der Waals surface area contributed by atoms with Crippen LogP contribution in [0.4, 0.5) is 0 Å². The van der Waals surface area contributed by atoms with Crippen LogP contribution in [0.3, 0.4) is 0 Å². The SMILES string of the molecule is CCCCC1CN(C(=O)c2cccc3ccccc23)CCN1Cc1nccn1Cc1cccc2ccccc12. The first-order chi connectivity index (χ1) is 19.2. The summed E-state index contributed by atoms with van der Waals surface area (Å²) >= 11 is 0. The van der Waals surface area contributed by atoms with Gasteiger partial charge in [0, 0.05) is 50.2 Å². The van der Waals surface area contributed by atoms with Crippen LogP contribution in [-0.4, -0.2) is 50.9 Å². The monoisotopic (exact) mass is 516 g/mol. The van der Waals surface area contributed by atoms with Crippen LogP contribution >= 0.6 is 0 Å². The number of unbranched alkanes of at least 4 members (excludes halogenated alkanes) is 1. The zero-order chi connectivity index (χ0) is 26.6. The molecule has 0 aliphatic carbocycles. The second kappa shape index (κ2) is 11.4. The number of fused-ring (bicyclic) bond motifs is 2. The summed E-state index contributed by atoms with van der Waals surface area (Å²) in [5.74, 6) is 1.23. The van der Waals surface area contributed by atoms with Gasteiger partial charge in [0.1, 0.15) is 5.82 Å². The minimum atomic E-state index is 0.144. The highest BCUT2D eigenvalue weighted by Gasteiger charge is 2.31. The fourth-order valence-corrected chi connectivity index (χ4v) is 6.01. The summed E-state index contributed by atoms with van der Waals surface area (Å²) in [5, 5.41) is 4.71. The minimum Gasteiger partial charge on any atom is -0.336 e. The summed E-state index contributed by atoms with van der Waals surface area (Å²) < 4.78 is 2.28. The Hall–Kier alpha value is -3.96. The number of amides is 1. The van der Waals surface area contributed by atoms with Crippen LogP contribution in [0, 0.1) is 0 Å². The van der Waals surface area contributed by atoms with Gasteiger partial charge in [-0.1, -0.05) is 98.6 Å². The highest BCUT2D eigenvalue weighted by Crippen LogP contribution is 2.25. The van der Waals surface area contributed by atoms with Crippen molar-refractivity contribution in [2.45, 2.75) is 45.3 Å². The predicted octanol–water partition coefficient (Wildman–Crippen LogP) is 6.75. The molecule has 198 valence electrons. The molecule has 0 N–H and O–H groups in total. The van der Waals surface area contributed by atoms with Gasteiger partial charge in [-0.25, -0.2) is 4.98 Å². The number of benzene rings is 4. The third-order valence-electron chi connectivity index (χ3n) is 8.17. The molecule has 4 aromatic carbocycles. The van der Waals surface area contributed by atoms with Crippen molar-refractivity contribution in [1.82, 2.24) is 19.4 Å². The third-order valence-corrected chi connectivity index (χ3v) is 8.17. The Labute approximate surface area is 230 Å². The van der Waals surface area contributed by atoms with Crippen LogP contribution in [0.1, 0.15) is 47.9 Å². The number of hydrogen-bond acceptors (Lipinski definition) is 3. The quantitative estimate of drug-likeness (QED) is 0.229. The van der Waals surface area contributed by atoms with Gasteiger partial charge in [0.05, 0.1) is 6.54 Å². The Morgan fingerprint density at radius 2 is 1.56 bits per heavy atom. The van der Waals surface area contributed by atoms with Crippen molar-refractivity contribution in [3.8, 4) is 0 Å². The molecule has 1 aliphatic heterocycles. The van der Waals surface area contributed by atoms with Gasteiger partial charge in [0.15, 0.2) is 0 Å². The van der Waals surface area contributed by atoms with Gasteiger partial charge >= 0.3 is 0 Å². The van der Waals surface area contributed by atoms with Gasteiger partial charge in [0.25, 0.3) is 5.91 Å². The van der Waals surface area contributed by atoms with E-state index in [0.29, 0.717) is 6.04 Å². The second-order valence-corrected chi connectivity index (χ2v) is 10.7. The van der Waals surface area contributed by atoms with E-state index in [1.165, 1.54) is 16.3 Å². The molecule has 0 spiro atoms. The summed E-state index contributed by atoms with van der Waals surface area (Å²) in [7, 11) is 0. The van der Waals surface area contributed by atoms with Crippen LogP contribution in [0.2, 0.25) is 0 Å². The molecule has 1 unspecified atom stereocenters. The Bertz CT molecular complexity index is 1580. The van der Waals surface area contributed by atoms with Crippen molar-refractivity contribution in [2.75, 3.05) is 19.6 Å². The fourth-order valence-electron chi connectivity index (χ4n) is 6.01. The summed E-state index contributed by atoms with van der Waals surface area (Å²) in [6.45, 7) is 6.17. The number of nitrogens with zero attached hydrogens (tertiary/aromatic N) is 4. The summed E-state index contributed by atoms with van der Waals surface area (Å²) in [6, 6.07) is 29.7. The fraction of sp³-hybridized carbons (Fsp3) is 0.294. The van der Waals surface area contributed by atoms with E-state index < -0.39 is 0 Å². The van der Waals surface area contributed by atoms with Gasteiger partial charge in [-0.15, -0.1) is 0 Å². The molecule has 5 heteroatoms. The third kappa shape index (κ3) is 5.32. The second-order valence-electron chi connectivity index (χ2n) is 10.7. The van der Waals surface area contributed by atoms with Crippen LogP contribution in [0.25, 0.3) is 21.5 Å². The maximum Gasteiger partial charge on any atom is 0.254 e. The standard InChI is InChI=1S/C34H36N4O/c1-2-3-15-29-24-38(34(39)32-18-9-13-27-11-5-7-17-31(27)32)22-21-36(29)25-33-35-19-20-37(33)23-28-14-8-12-26-10-4-6-16-30(26)28/h4-14,16-20,29H,2-3,15,21-25H2,1H3. The molecule has 1 amide bonds. The summed E-state index contributed by atoms with van der Waals surface area (Å²) in [5.41, 5.74) is 2.11. The lowest BCUT2D eigenvalue weighted by atomic mass is 10.0. The van der Waals surface area contributed by atoms with Gasteiger partial charge in [-0.05, 0) is 39.6 Å². The molecular formula is C34H36N4O. The zero-order valence-corrected chi connectivity index (χ0v) is 22.7. The van der Waals surface area contributed by atoms with Gasteiger partial charge < -0.3 is 9.47 Å². The minimum absolute atomic E-state index is 0.144. The van der Waals surface area contributed by atoms with Crippen molar-refractivity contribution < 1.29 is 4.79 Å². The highest BCUT2D eigenvalue weighted by atomic mass is 16.2. The van der Waals surface area contributed by atoms with E-state index in [9.17, 15) is 4.79 Å². The van der Waals surface area contributed by atoms with Gasteiger partial charge in [-0.3, -0.25) is 9.69 Å². The normalized spacial score (nSPS) is 16.2. The van der Waals surface area contributed by atoms with E-state index in [4.69, 9.17) is 4.98 Å². The first-order valence-electron chi connectivity index (χ1n) is 14.2. The smallest absolute Gasteiger partial charge is 0.254 e. The van der Waals surface area contributed by atoms with Crippen LogP contribution in [-0.2, 0) is 13.1 Å². The number of piperazine rings is 1. The number of rotatable bonds is 8. The van der Waals surface area contributed by atoms with E-state index in [1.807, 2.05) is 30.5 Å². The molecule has 1 aromatic heterocycles. The molecular weight excluding hydrogens is 480 g/mol. The number of carbonyl (C=O) groups excluding carboxylic acids is 1. The number of hydrogen-bond donors (Lipinski definition) is 0. The van der Waals surface area contributed by atoms with Crippen LogP contribution in [0.15, 0.2) is 97.3 Å². The van der Waals surface area contributed by atoms with E-state index >= 15 is 0 Å². The molecule has 1 atom stereocenters. The number of carbonyl (C=O) groups is 1. The molecule has 1 aliphatic rings. The Balaban J connectivity index is 1.20. The molecule has 0 saturated carbocycles. The maximum atomic E-state index is 13.7. The first kappa shape index (κ1) is 25.3.